The number of rotatable bonds is 11. The number of ether oxygens (including phenoxy) is 2. The van der Waals surface area contributed by atoms with Crippen molar-refractivity contribution in [1.29, 1.82) is 0 Å². The number of hydrogen-bond donors (Lipinski definition) is 1. The molecule has 0 aromatic heterocycles. The Balaban J connectivity index is 3.09. The van der Waals surface area contributed by atoms with Crippen LogP contribution in [0.1, 0.15) is 20.3 Å². The lowest BCUT2D eigenvalue weighted by atomic mass is 10.1. The van der Waals surface area contributed by atoms with Crippen molar-refractivity contribution in [2.45, 2.75) is 20.3 Å². The van der Waals surface area contributed by atoms with E-state index in [-0.39, 0.29) is 11.7 Å². The van der Waals surface area contributed by atoms with E-state index < -0.39 is 0 Å². The molecule has 0 aliphatic heterocycles. The standard InChI is InChI=1S/C11H21NO4/c1-10(2)11(14)3-5-15-7-8-16-6-4-12-9-13/h9-10H,3-8H2,1-2H3,(H,12,13). The highest BCUT2D eigenvalue weighted by atomic mass is 16.5. The van der Waals surface area contributed by atoms with Crippen LogP contribution in [0.15, 0.2) is 0 Å². The van der Waals surface area contributed by atoms with Crippen molar-refractivity contribution >= 4 is 12.2 Å². The van der Waals surface area contributed by atoms with Gasteiger partial charge in [-0.3, -0.25) is 9.59 Å². The molecule has 0 aliphatic carbocycles. The second kappa shape index (κ2) is 10.6. The fourth-order valence-electron chi connectivity index (χ4n) is 0.973. The molecule has 94 valence electrons. The molecule has 0 aromatic carbocycles. The first-order valence-electron chi connectivity index (χ1n) is 5.53. The van der Waals surface area contributed by atoms with Crippen molar-refractivity contribution in [2.24, 2.45) is 5.92 Å². The maximum absolute atomic E-state index is 11.2. The van der Waals surface area contributed by atoms with Crippen LogP contribution < -0.4 is 5.32 Å². The van der Waals surface area contributed by atoms with Crippen molar-refractivity contribution in [3.63, 3.8) is 0 Å². The molecule has 0 unspecified atom stereocenters. The van der Waals surface area contributed by atoms with Gasteiger partial charge in [0.25, 0.3) is 0 Å². The van der Waals surface area contributed by atoms with Gasteiger partial charge in [0.2, 0.25) is 6.41 Å². The molecule has 0 saturated heterocycles. The van der Waals surface area contributed by atoms with E-state index in [2.05, 4.69) is 5.32 Å². The fraction of sp³-hybridized carbons (Fsp3) is 0.818. The number of ketones is 1. The minimum atomic E-state index is 0.0780. The molecule has 0 rings (SSSR count). The van der Waals surface area contributed by atoms with Crippen LogP contribution in [0.3, 0.4) is 0 Å². The monoisotopic (exact) mass is 231 g/mol. The van der Waals surface area contributed by atoms with E-state index >= 15 is 0 Å². The molecule has 16 heavy (non-hydrogen) atoms. The quantitative estimate of drug-likeness (QED) is 0.412. The van der Waals surface area contributed by atoms with Crippen LogP contribution in [-0.4, -0.2) is 45.2 Å². The van der Waals surface area contributed by atoms with Gasteiger partial charge in [-0.05, 0) is 0 Å². The molecular formula is C11H21NO4. The molecule has 0 spiro atoms. The number of hydrogen-bond acceptors (Lipinski definition) is 4. The molecule has 0 heterocycles. The molecule has 0 atom stereocenters. The third-order valence-corrected chi connectivity index (χ3v) is 1.98. The number of carbonyl (C=O) groups excluding carboxylic acids is 2. The number of Topliss-reactive ketones (excluding diaryl/α,β-unsaturated/α-hetero) is 1. The van der Waals surface area contributed by atoms with E-state index in [1.54, 1.807) is 0 Å². The maximum atomic E-state index is 11.2. The third kappa shape index (κ3) is 9.61. The van der Waals surface area contributed by atoms with Crippen LogP contribution in [0.2, 0.25) is 0 Å². The first-order chi connectivity index (χ1) is 7.68. The largest absolute Gasteiger partial charge is 0.379 e. The van der Waals surface area contributed by atoms with Crippen molar-refractivity contribution in [1.82, 2.24) is 5.32 Å². The van der Waals surface area contributed by atoms with E-state index in [9.17, 15) is 9.59 Å². The van der Waals surface area contributed by atoms with Gasteiger partial charge in [-0.15, -0.1) is 0 Å². The van der Waals surface area contributed by atoms with Gasteiger partial charge in [0, 0.05) is 18.9 Å². The summed E-state index contributed by atoms with van der Waals surface area (Å²) in [5.41, 5.74) is 0. The van der Waals surface area contributed by atoms with Gasteiger partial charge in [-0.25, -0.2) is 0 Å². The van der Waals surface area contributed by atoms with Gasteiger partial charge in [0.1, 0.15) is 5.78 Å². The summed E-state index contributed by atoms with van der Waals surface area (Å²) in [5, 5.41) is 2.49. The fourth-order valence-corrected chi connectivity index (χ4v) is 0.973. The number of nitrogens with one attached hydrogen (secondary N) is 1. The SMILES string of the molecule is CC(C)C(=O)CCOCCOCCNC=O. The van der Waals surface area contributed by atoms with Gasteiger partial charge in [-0.1, -0.05) is 13.8 Å². The van der Waals surface area contributed by atoms with Gasteiger partial charge in [0.05, 0.1) is 26.4 Å². The minimum absolute atomic E-state index is 0.0780. The van der Waals surface area contributed by atoms with E-state index in [1.165, 1.54) is 0 Å². The molecular weight excluding hydrogens is 210 g/mol. The van der Waals surface area contributed by atoms with E-state index in [4.69, 9.17) is 9.47 Å². The smallest absolute Gasteiger partial charge is 0.207 e. The Kier molecular flexibility index (Phi) is 9.95. The van der Waals surface area contributed by atoms with Crippen LogP contribution in [0.5, 0.6) is 0 Å². The summed E-state index contributed by atoms with van der Waals surface area (Å²) in [7, 11) is 0. The Morgan fingerprint density at radius 2 is 1.81 bits per heavy atom. The lowest BCUT2D eigenvalue weighted by Crippen LogP contribution is -2.19. The Hall–Kier alpha value is -0.940. The first kappa shape index (κ1) is 15.1. The molecule has 0 bridgehead atoms. The number of amides is 1. The molecule has 0 aliphatic rings. The Morgan fingerprint density at radius 1 is 1.19 bits per heavy atom. The zero-order valence-corrected chi connectivity index (χ0v) is 10.0. The Morgan fingerprint density at radius 3 is 2.38 bits per heavy atom. The summed E-state index contributed by atoms with van der Waals surface area (Å²) in [5.74, 6) is 0.297. The van der Waals surface area contributed by atoms with Crippen molar-refractivity contribution in [3.05, 3.63) is 0 Å². The van der Waals surface area contributed by atoms with Gasteiger partial charge >= 0.3 is 0 Å². The lowest BCUT2D eigenvalue weighted by molar-refractivity contribution is -0.123. The van der Waals surface area contributed by atoms with Crippen molar-refractivity contribution in [2.75, 3.05) is 33.0 Å². The second-order valence-electron chi connectivity index (χ2n) is 3.67. The number of carbonyl (C=O) groups is 2. The summed E-state index contributed by atoms with van der Waals surface area (Å²) >= 11 is 0. The van der Waals surface area contributed by atoms with Gasteiger partial charge < -0.3 is 14.8 Å². The van der Waals surface area contributed by atoms with Crippen LogP contribution in [0.25, 0.3) is 0 Å². The molecule has 0 aromatic rings. The highest BCUT2D eigenvalue weighted by Gasteiger charge is 2.05. The average molecular weight is 231 g/mol. The third-order valence-electron chi connectivity index (χ3n) is 1.98. The van der Waals surface area contributed by atoms with Gasteiger partial charge in [0.15, 0.2) is 0 Å². The van der Waals surface area contributed by atoms with Crippen molar-refractivity contribution in [3.8, 4) is 0 Å². The normalized spacial score (nSPS) is 10.4. The summed E-state index contributed by atoms with van der Waals surface area (Å²) in [6.07, 6.45) is 1.10. The van der Waals surface area contributed by atoms with Gasteiger partial charge in [-0.2, -0.15) is 0 Å². The maximum Gasteiger partial charge on any atom is 0.207 e. The molecule has 1 N–H and O–H groups in total. The molecule has 0 saturated carbocycles. The minimum Gasteiger partial charge on any atom is -0.379 e. The summed E-state index contributed by atoms with van der Waals surface area (Å²) in [6, 6.07) is 0. The average Bonchev–Trinajstić information content (AvgIpc) is 2.26. The molecule has 0 fully saturated rings. The zero-order chi connectivity index (χ0) is 12.2. The first-order valence-corrected chi connectivity index (χ1v) is 5.53. The second-order valence-corrected chi connectivity index (χ2v) is 3.67. The van der Waals surface area contributed by atoms with Crippen LogP contribution in [0, 0.1) is 5.92 Å². The zero-order valence-electron chi connectivity index (χ0n) is 10.0. The molecule has 0 radical (unpaired) electrons. The van der Waals surface area contributed by atoms with Crippen molar-refractivity contribution < 1.29 is 19.1 Å². The highest BCUT2D eigenvalue weighted by molar-refractivity contribution is 5.80. The molecule has 5 heteroatoms. The van der Waals surface area contributed by atoms with E-state index in [1.807, 2.05) is 13.8 Å². The van der Waals surface area contributed by atoms with Crippen LogP contribution in [0.4, 0.5) is 0 Å². The van der Waals surface area contributed by atoms with E-state index in [0.29, 0.717) is 45.8 Å². The summed E-state index contributed by atoms with van der Waals surface area (Å²) in [4.78, 5) is 21.1. The van der Waals surface area contributed by atoms with Crippen LogP contribution >= 0.6 is 0 Å². The summed E-state index contributed by atoms with van der Waals surface area (Å²) in [6.45, 7) is 6.16. The Labute approximate surface area is 96.5 Å². The van der Waals surface area contributed by atoms with E-state index in [0.717, 1.165) is 0 Å². The highest BCUT2D eigenvalue weighted by Crippen LogP contribution is 1.98. The molecule has 5 nitrogen and oxygen atoms in total. The predicted octanol–water partition coefficient (Wildman–Crippen LogP) is 0.381. The molecule has 1 amide bonds. The lowest BCUT2D eigenvalue weighted by Gasteiger charge is -2.06. The van der Waals surface area contributed by atoms with Crippen LogP contribution in [-0.2, 0) is 19.1 Å². The Bertz CT molecular complexity index is 194. The predicted molar refractivity (Wildman–Crippen MR) is 60.2 cm³/mol. The summed E-state index contributed by atoms with van der Waals surface area (Å²) < 4.78 is 10.4. The topological polar surface area (TPSA) is 64.6 Å².